The fourth-order valence-electron chi connectivity index (χ4n) is 1.56. The van der Waals surface area contributed by atoms with Crippen molar-refractivity contribution in [2.45, 2.75) is 6.92 Å². The zero-order valence-electron chi connectivity index (χ0n) is 8.31. The Balaban J connectivity index is 2.84. The van der Waals surface area contributed by atoms with Crippen LogP contribution >= 0.6 is 0 Å². The molecule has 76 valence electrons. The molecule has 0 atom stereocenters. The van der Waals surface area contributed by atoms with Gasteiger partial charge in [-0.1, -0.05) is 24.3 Å². The van der Waals surface area contributed by atoms with E-state index in [2.05, 4.69) is 4.99 Å². The first-order valence-electron chi connectivity index (χ1n) is 4.66. The summed E-state index contributed by atoms with van der Waals surface area (Å²) >= 11 is 0. The number of hydrogen-bond donors (Lipinski definition) is 2. The number of rotatable bonds is 1. The van der Waals surface area contributed by atoms with Gasteiger partial charge in [0.2, 0.25) is 0 Å². The highest BCUT2D eigenvalue weighted by Crippen LogP contribution is 2.39. The number of fused-ring (bicyclic) bond motifs is 1. The topological polar surface area (TPSA) is 52.8 Å². The van der Waals surface area contributed by atoms with Crippen LogP contribution in [0.3, 0.4) is 0 Å². The van der Waals surface area contributed by atoms with Crippen molar-refractivity contribution in [1.82, 2.24) is 0 Å². The third-order valence-electron chi connectivity index (χ3n) is 2.24. The second-order valence-corrected chi connectivity index (χ2v) is 3.20. The highest BCUT2D eigenvalue weighted by Gasteiger charge is 2.08. The zero-order valence-corrected chi connectivity index (χ0v) is 8.31. The summed E-state index contributed by atoms with van der Waals surface area (Å²) < 4.78 is 0. The quantitative estimate of drug-likeness (QED) is 0.550. The Kier molecular flexibility index (Phi) is 2.29. The lowest BCUT2D eigenvalue weighted by Crippen LogP contribution is -1.77. The molecule has 3 nitrogen and oxygen atoms in total. The Morgan fingerprint density at radius 1 is 1.13 bits per heavy atom. The van der Waals surface area contributed by atoms with Gasteiger partial charge in [0.25, 0.3) is 0 Å². The van der Waals surface area contributed by atoms with Gasteiger partial charge >= 0.3 is 0 Å². The average molecular weight is 201 g/mol. The lowest BCUT2D eigenvalue weighted by molar-refractivity contribution is 0.471. The van der Waals surface area contributed by atoms with Gasteiger partial charge in [0, 0.05) is 23.1 Å². The number of aliphatic imine (C=N–C) groups is 1. The van der Waals surface area contributed by atoms with Gasteiger partial charge in [-0.2, -0.15) is 0 Å². The minimum atomic E-state index is 0.0986. The predicted octanol–water partition coefficient (Wildman–Crippen LogP) is 2.97. The summed E-state index contributed by atoms with van der Waals surface area (Å²) in [5.74, 6) is 0.227. The van der Waals surface area contributed by atoms with Crippen molar-refractivity contribution in [2.24, 2.45) is 4.99 Å². The summed E-state index contributed by atoms with van der Waals surface area (Å²) in [7, 11) is 0. The maximum absolute atomic E-state index is 9.88. The summed E-state index contributed by atoms with van der Waals surface area (Å²) in [5, 5.41) is 20.8. The van der Waals surface area contributed by atoms with Crippen LogP contribution in [-0.4, -0.2) is 16.4 Å². The molecule has 0 saturated heterocycles. The zero-order chi connectivity index (χ0) is 10.8. The van der Waals surface area contributed by atoms with Crippen LogP contribution in [-0.2, 0) is 0 Å². The summed E-state index contributed by atoms with van der Waals surface area (Å²) in [5.41, 5.74) is 0.383. The Morgan fingerprint density at radius 2 is 1.80 bits per heavy atom. The molecule has 0 aliphatic rings. The Hall–Kier alpha value is -2.03. The number of hydrogen-bond acceptors (Lipinski definition) is 3. The predicted molar refractivity (Wildman–Crippen MR) is 61.1 cm³/mol. The lowest BCUT2D eigenvalue weighted by Gasteiger charge is -2.06. The monoisotopic (exact) mass is 201 g/mol. The standard InChI is InChI=1S/C12H11NO2/c1-2-13-10-7-11(14)8-5-3-4-6-9(8)12(10)15/h2-7,14-15H,1H3. The van der Waals surface area contributed by atoms with Crippen LogP contribution < -0.4 is 0 Å². The molecule has 0 heterocycles. The molecule has 0 saturated carbocycles. The van der Waals surface area contributed by atoms with Crippen molar-refractivity contribution in [2.75, 3.05) is 0 Å². The van der Waals surface area contributed by atoms with E-state index in [1.165, 1.54) is 6.07 Å². The van der Waals surface area contributed by atoms with E-state index in [1.807, 2.05) is 6.07 Å². The van der Waals surface area contributed by atoms with E-state index in [0.717, 1.165) is 0 Å². The molecule has 0 spiro atoms. The van der Waals surface area contributed by atoms with Gasteiger partial charge in [0.1, 0.15) is 17.2 Å². The number of phenols is 2. The van der Waals surface area contributed by atoms with Crippen molar-refractivity contribution in [3.8, 4) is 11.5 Å². The fraction of sp³-hybridized carbons (Fsp3) is 0.0833. The molecule has 0 aliphatic carbocycles. The Labute approximate surface area is 87.3 Å². The molecule has 2 aromatic rings. The number of phenolic OH excluding ortho intramolecular Hbond substituents is 2. The Bertz CT molecular complexity index is 532. The van der Waals surface area contributed by atoms with Crippen LogP contribution in [0, 0.1) is 0 Å². The van der Waals surface area contributed by atoms with E-state index in [1.54, 1.807) is 31.3 Å². The van der Waals surface area contributed by atoms with Crippen molar-refractivity contribution in [3.05, 3.63) is 30.3 Å². The molecule has 15 heavy (non-hydrogen) atoms. The first kappa shape index (κ1) is 9.52. The molecule has 0 radical (unpaired) electrons. The van der Waals surface area contributed by atoms with Crippen LogP contribution in [0.5, 0.6) is 11.5 Å². The normalized spacial score (nSPS) is 11.3. The third kappa shape index (κ3) is 1.52. The van der Waals surface area contributed by atoms with E-state index in [4.69, 9.17) is 0 Å². The van der Waals surface area contributed by atoms with E-state index in [-0.39, 0.29) is 11.5 Å². The molecule has 3 heteroatoms. The summed E-state index contributed by atoms with van der Waals surface area (Å²) in [6.45, 7) is 1.76. The SMILES string of the molecule is CC=Nc1cc(O)c2ccccc2c1O. The summed E-state index contributed by atoms with van der Waals surface area (Å²) in [4.78, 5) is 3.98. The minimum absolute atomic E-state index is 0.0986. The van der Waals surface area contributed by atoms with Gasteiger partial charge < -0.3 is 10.2 Å². The molecule has 0 fully saturated rings. The highest BCUT2D eigenvalue weighted by molar-refractivity contribution is 5.97. The molecule has 0 aromatic heterocycles. The van der Waals surface area contributed by atoms with Crippen molar-refractivity contribution < 1.29 is 10.2 Å². The van der Waals surface area contributed by atoms with E-state index < -0.39 is 0 Å². The minimum Gasteiger partial charge on any atom is -0.507 e. The summed E-state index contributed by atoms with van der Waals surface area (Å²) in [6.07, 6.45) is 1.57. The maximum Gasteiger partial charge on any atom is 0.149 e. The average Bonchev–Trinajstić information content (AvgIpc) is 2.26. The molecule has 2 aromatic carbocycles. The van der Waals surface area contributed by atoms with Gasteiger partial charge in [0.05, 0.1) is 0 Å². The molecule has 2 N–H and O–H groups in total. The molecule has 0 unspecified atom stereocenters. The number of benzene rings is 2. The lowest BCUT2D eigenvalue weighted by atomic mass is 10.1. The molecule has 0 amide bonds. The largest absolute Gasteiger partial charge is 0.507 e. The smallest absolute Gasteiger partial charge is 0.149 e. The van der Waals surface area contributed by atoms with Crippen molar-refractivity contribution >= 4 is 22.7 Å². The van der Waals surface area contributed by atoms with Crippen LogP contribution in [0.4, 0.5) is 5.69 Å². The van der Waals surface area contributed by atoms with Gasteiger partial charge in [-0.15, -0.1) is 0 Å². The first-order valence-corrected chi connectivity index (χ1v) is 4.66. The molecular weight excluding hydrogens is 190 g/mol. The van der Waals surface area contributed by atoms with Crippen LogP contribution in [0.25, 0.3) is 10.8 Å². The maximum atomic E-state index is 9.88. The summed E-state index contributed by atoms with van der Waals surface area (Å²) in [6, 6.07) is 8.58. The second kappa shape index (κ2) is 3.61. The van der Waals surface area contributed by atoms with E-state index in [0.29, 0.717) is 16.5 Å². The van der Waals surface area contributed by atoms with Gasteiger partial charge in [-0.05, 0) is 6.92 Å². The first-order chi connectivity index (χ1) is 7.24. The van der Waals surface area contributed by atoms with Crippen LogP contribution in [0.2, 0.25) is 0 Å². The fourth-order valence-corrected chi connectivity index (χ4v) is 1.56. The van der Waals surface area contributed by atoms with E-state index >= 15 is 0 Å². The van der Waals surface area contributed by atoms with Crippen LogP contribution in [0.15, 0.2) is 35.3 Å². The molecular formula is C12H11NO2. The van der Waals surface area contributed by atoms with Crippen LogP contribution in [0.1, 0.15) is 6.92 Å². The number of nitrogens with zero attached hydrogens (tertiary/aromatic N) is 1. The van der Waals surface area contributed by atoms with Gasteiger partial charge in [-0.25, -0.2) is 0 Å². The van der Waals surface area contributed by atoms with Crippen molar-refractivity contribution in [3.63, 3.8) is 0 Å². The van der Waals surface area contributed by atoms with E-state index in [9.17, 15) is 10.2 Å². The van der Waals surface area contributed by atoms with Gasteiger partial charge in [-0.3, -0.25) is 4.99 Å². The Morgan fingerprint density at radius 3 is 2.47 bits per heavy atom. The number of aromatic hydroxyl groups is 2. The third-order valence-corrected chi connectivity index (χ3v) is 2.24. The second-order valence-electron chi connectivity index (χ2n) is 3.20. The van der Waals surface area contributed by atoms with Gasteiger partial charge in [0.15, 0.2) is 0 Å². The molecule has 0 aliphatic heterocycles. The highest BCUT2D eigenvalue weighted by atomic mass is 16.3. The molecule has 2 rings (SSSR count). The molecule has 0 bridgehead atoms. The van der Waals surface area contributed by atoms with Crippen molar-refractivity contribution in [1.29, 1.82) is 0 Å².